The quantitative estimate of drug-likeness (QED) is 0.304. The fraction of sp³-hybridized carbons (Fsp3) is 0.370. The lowest BCUT2D eigenvalue weighted by Crippen LogP contribution is -2.31. The Morgan fingerprint density at radius 2 is 1.55 bits per heavy atom. The minimum Gasteiger partial charge on any atom is -0.496 e. The Kier molecular flexibility index (Phi) is 9.28. The fourth-order valence-electron chi connectivity index (χ4n) is 3.64. The van der Waals surface area contributed by atoms with E-state index in [9.17, 15) is 31.1 Å². The topological polar surface area (TPSA) is 67.8 Å². The number of amides is 1. The maximum atomic E-state index is 13.6. The van der Waals surface area contributed by atoms with E-state index in [1.54, 1.807) is 24.3 Å². The van der Waals surface area contributed by atoms with Crippen molar-refractivity contribution in [1.82, 2.24) is 19.8 Å². The molecule has 1 amide bonds. The van der Waals surface area contributed by atoms with Gasteiger partial charge in [-0.1, -0.05) is 18.2 Å². The molecule has 0 aliphatic carbocycles. The number of hydrogen-bond acceptors (Lipinski definition) is 6. The zero-order chi connectivity index (χ0) is 29.8. The molecule has 3 rings (SSSR count). The normalized spacial score (nSPS) is 12.8. The van der Waals surface area contributed by atoms with E-state index in [0.29, 0.717) is 23.4 Å². The van der Waals surface area contributed by atoms with Crippen molar-refractivity contribution in [2.24, 2.45) is 0 Å². The molecule has 0 aliphatic rings. The Hall–Kier alpha value is -3.87. The number of benzene rings is 2. The van der Waals surface area contributed by atoms with E-state index in [0.717, 1.165) is 4.90 Å². The lowest BCUT2D eigenvalue weighted by Gasteiger charge is -2.22. The standard InChI is InChI=1S/C27H28F6N4O3/c1-16(36(2)3)15-40-25-34-13-21(20-8-6-7-9-22(20)39-5)23(35-25)24(38)37(4)14-17-10-18(26(28,29)30)12-19(11-17)27(31,32)33/h6-13,16H,14-15H2,1-5H3. The van der Waals surface area contributed by atoms with Gasteiger partial charge in [0, 0.05) is 37.0 Å². The van der Waals surface area contributed by atoms with Gasteiger partial charge in [-0.25, -0.2) is 4.98 Å². The second-order valence-electron chi connectivity index (χ2n) is 9.31. The van der Waals surface area contributed by atoms with Gasteiger partial charge in [-0.3, -0.25) is 4.79 Å². The molecule has 0 spiro atoms. The van der Waals surface area contributed by atoms with Crippen LogP contribution in [0.1, 0.15) is 34.1 Å². The largest absolute Gasteiger partial charge is 0.496 e. The van der Waals surface area contributed by atoms with E-state index in [1.807, 2.05) is 25.9 Å². The van der Waals surface area contributed by atoms with Crippen molar-refractivity contribution in [3.8, 4) is 22.9 Å². The number of aromatic nitrogens is 2. The van der Waals surface area contributed by atoms with Crippen molar-refractivity contribution >= 4 is 5.91 Å². The summed E-state index contributed by atoms with van der Waals surface area (Å²) in [5.41, 5.74) is -2.78. The monoisotopic (exact) mass is 570 g/mol. The number of hydrogen-bond donors (Lipinski definition) is 0. The van der Waals surface area contributed by atoms with E-state index in [4.69, 9.17) is 9.47 Å². The van der Waals surface area contributed by atoms with Crippen molar-refractivity contribution in [3.05, 3.63) is 71.0 Å². The van der Waals surface area contributed by atoms with Gasteiger partial charge < -0.3 is 19.3 Å². The van der Waals surface area contributed by atoms with Crippen LogP contribution in [0.5, 0.6) is 11.8 Å². The van der Waals surface area contributed by atoms with E-state index < -0.39 is 35.9 Å². The number of nitrogens with zero attached hydrogens (tertiary/aromatic N) is 4. The van der Waals surface area contributed by atoms with Crippen LogP contribution in [0, 0.1) is 0 Å². The number of ether oxygens (including phenoxy) is 2. The van der Waals surface area contributed by atoms with Crippen LogP contribution in [0.3, 0.4) is 0 Å². The first-order valence-electron chi connectivity index (χ1n) is 11.9. The van der Waals surface area contributed by atoms with Crippen LogP contribution in [0.15, 0.2) is 48.7 Å². The van der Waals surface area contributed by atoms with Gasteiger partial charge in [-0.2, -0.15) is 31.3 Å². The lowest BCUT2D eigenvalue weighted by atomic mass is 10.0. The van der Waals surface area contributed by atoms with Gasteiger partial charge >= 0.3 is 18.4 Å². The molecule has 1 aromatic heterocycles. The third kappa shape index (κ3) is 7.40. The third-order valence-corrected chi connectivity index (χ3v) is 6.12. The zero-order valence-corrected chi connectivity index (χ0v) is 22.4. The van der Waals surface area contributed by atoms with Crippen molar-refractivity contribution in [1.29, 1.82) is 0 Å². The van der Waals surface area contributed by atoms with Gasteiger partial charge in [-0.05, 0) is 50.8 Å². The van der Waals surface area contributed by atoms with Crippen molar-refractivity contribution in [2.75, 3.05) is 34.9 Å². The molecule has 0 N–H and O–H groups in total. The number of likely N-dealkylation sites (N-methyl/N-ethyl adjacent to an activating group) is 1. The molecule has 7 nitrogen and oxygen atoms in total. The SMILES string of the molecule is COc1ccccc1-c1cnc(OCC(C)N(C)C)nc1C(=O)N(C)Cc1cc(C(F)(F)F)cc(C(F)(F)F)c1. The molecule has 0 bridgehead atoms. The van der Waals surface area contributed by atoms with E-state index >= 15 is 0 Å². The number of halogens is 6. The molecule has 40 heavy (non-hydrogen) atoms. The molecular formula is C27H28F6N4O3. The van der Waals surface area contributed by atoms with Gasteiger partial charge in [0.15, 0.2) is 0 Å². The average molecular weight is 571 g/mol. The first kappa shape index (κ1) is 30.7. The van der Waals surface area contributed by atoms with Crippen LogP contribution in [0.2, 0.25) is 0 Å². The molecule has 0 fully saturated rings. The molecule has 3 aromatic rings. The maximum Gasteiger partial charge on any atom is 0.416 e. The highest BCUT2D eigenvalue weighted by atomic mass is 19.4. The van der Waals surface area contributed by atoms with E-state index in [-0.39, 0.29) is 41.5 Å². The Morgan fingerprint density at radius 3 is 2.10 bits per heavy atom. The van der Waals surface area contributed by atoms with Crippen molar-refractivity contribution in [3.63, 3.8) is 0 Å². The second-order valence-corrected chi connectivity index (χ2v) is 9.31. The van der Waals surface area contributed by atoms with Crippen LogP contribution < -0.4 is 9.47 Å². The summed E-state index contributed by atoms with van der Waals surface area (Å²) in [5, 5.41) is 0. The first-order chi connectivity index (χ1) is 18.6. The molecule has 2 aromatic carbocycles. The number of carbonyl (C=O) groups is 1. The Labute approximate surface area is 227 Å². The fourth-order valence-corrected chi connectivity index (χ4v) is 3.64. The molecule has 0 aliphatic heterocycles. The van der Waals surface area contributed by atoms with Crippen LogP contribution in [0.25, 0.3) is 11.1 Å². The summed E-state index contributed by atoms with van der Waals surface area (Å²) in [5.74, 6) is -0.384. The molecule has 13 heteroatoms. The number of carbonyl (C=O) groups excluding carboxylic acids is 1. The van der Waals surface area contributed by atoms with Crippen molar-refractivity contribution in [2.45, 2.75) is 31.9 Å². The second kappa shape index (κ2) is 12.1. The summed E-state index contributed by atoms with van der Waals surface area (Å²) >= 11 is 0. The van der Waals surface area contributed by atoms with Crippen LogP contribution >= 0.6 is 0 Å². The summed E-state index contributed by atoms with van der Waals surface area (Å²) in [6.45, 7) is 1.53. The molecule has 0 saturated heterocycles. The summed E-state index contributed by atoms with van der Waals surface area (Å²) in [6.07, 6.45) is -8.68. The molecule has 0 saturated carbocycles. The average Bonchev–Trinajstić information content (AvgIpc) is 2.89. The highest BCUT2D eigenvalue weighted by Gasteiger charge is 2.37. The molecule has 1 heterocycles. The Bertz CT molecular complexity index is 1310. The summed E-state index contributed by atoms with van der Waals surface area (Å²) in [4.78, 5) is 24.9. The number of rotatable bonds is 9. The third-order valence-electron chi connectivity index (χ3n) is 6.12. The lowest BCUT2D eigenvalue weighted by molar-refractivity contribution is -0.143. The minimum atomic E-state index is -5.02. The molecule has 1 unspecified atom stereocenters. The summed E-state index contributed by atoms with van der Waals surface area (Å²) in [7, 11) is 6.38. The molecular weight excluding hydrogens is 542 g/mol. The van der Waals surface area contributed by atoms with Gasteiger partial charge in [0.1, 0.15) is 18.1 Å². The first-order valence-corrected chi connectivity index (χ1v) is 11.9. The minimum absolute atomic E-state index is 0.0249. The number of alkyl halides is 6. The predicted octanol–water partition coefficient (Wildman–Crippen LogP) is 5.79. The van der Waals surface area contributed by atoms with Gasteiger partial charge in [0.05, 0.1) is 18.2 Å². The Morgan fingerprint density at radius 1 is 0.950 bits per heavy atom. The van der Waals surface area contributed by atoms with Crippen LogP contribution in [-0.2, 0) is 18.9 Å². The van der Waals surface area contributed by atoms with Crippen molar-refractivity contribution < 1.29 is 40.6 Å². The molecule has 1 atom stereocenters. The predicted molar refractivity (Wildman–Crippen MR) is 135 cm³/mol. The summed E-state index contributed by atoms with van der Waals surface area (Å²) < 4.78 is 91.1. The van der Waals surface area contributed by atoms with Crippen LogP contribution in [-0.4, -0.2) is 66.6 Å². The van der Waals surface area contributed by atoms with Gasteiger partial charge in [0.25, 0.3) is 5.91 Å². The van der Waals surface area contributed by atoms with Crippen LogP contribution in [0.4, 0.5) is 26.3 Å². The van der Waals surface area contributed by atoms with E-state index in [2.05, 4.69) is 9.97 Å². The van der Waals surface area contributed by atoms with Gasteiger partial charge in [0.2, 0.25) is 0 Å². The van der Waals surface area contributed by atoms with Gasteiger partial charge in [-0.15, -0.1) is 0 Å². The molecule has 0 radical (unpaired) electrons. The summed E-state index contributed by atoms with van der Waals surface area (Å²) in [6, 6.07) is 7.76. The highest BCUT2D eigenvalue weighted by molar-refractivity contribution is 5.99. The Balaban J connectivity index is 2.03. The zero-order valence-electron chi connectivity index (χ0n) is 22.4. The molecule has 216 valence electrons. The smallest absolute Gasteiger partial charge is 0.416 e. The maximum absolute atomic E-state index is 13.6. The number of para-hydroxylation sites is 1. The highest BCUT2D eigenvalue weighted by Crippen LogP contribution is 2.37. The number of methoxy groups -OCH3 is 1. The van der Waals surface area contributed by atoms with E-state index in [1.165, 1.54) is 20.4 Å².